The van der Waals surface area contributed by atoms with Gasteiger partial charge in [-0.1, -0.05) is 0 Å². The molecule has 0 aromatic heterocycles. The lowest BCUT2D eigenvalue weighted by Crippen LogP contribution is -2.55. The van der Waals surface area contributed by atoms with Crippen LogP contribution in [-0.4, -0.2) is 27.4 Å². The summed E-state index contributed by atoms with van der Waals surface area (Å²) in [7, 11) is 0. The SMILES string of the molecule is CC(C)(C)[N+]1(C(=O)O)C=CC=NC=C1. The van der Waals surface area contributed by atoms with Crippen LogP contribution in [0.15, 0.2) is 29.7 Å². The molecule has 4 heteroatoms. The average molecular weight is 195 g/mol. The number of hydrogen-bond acceptors (Lipinski definition) is 2. The molecule has 0 saturated carbocycles. The van der Waals surface area contributed by atoms with Gasteiger partial charge in [-0.3, -0.25) is 4.99 Å². The standard InChI is InChI=1S/C10H14N2O2/c1-10(2,3)12(9(13)14)7-4-5-11-6-8-12/h4-8H,1-3H3/p+1. The van der Waals surface area contributed by atoms with Crippen LogP contribution in [0.3, 0.4) is 0 Å². The van der Waals surface area contributed by atoms with Crippen molar-refractivity contribution in [3.05, 3.63) is 24.7 Å². The molecule has 76 valence electrons. The molecule has 4 nitrogen and oxygen atoms in total. The van der Waals surface area contributed by atoms with Crippen molar-refractivity contribution < 1.29 is 14.4 Å². The van der Waals surface area contributed by atoms with Gasteiger partial charge in [0.15, 0.2) is 0 Å². The van der Waals surface area contributed by atoms with Gasteiger partial charge in [-0.05, 0) is 20.8 Å². The Morgan fingerprint density at radius 3 is 2.50 bits per heavy atom. The molecule has 1 aliphatic heterocycles. The van der Waals surface area contributed by atoms with Gasteiger partial charge in [0.05, 0.1) is 6.20 Å². The lowest BCUT2D eigenvalue weighted by atomic mass is 10.0. The summed E-state index contributed by atoms with van der Waals surface area (Å²) in [5, 5.41) is 9.26. The number of nitrogens with zero attached hydrogens (tertiary/aromatic N) is 2. The molecule has 0 aliphatic carbocycles. The number of aliphatic imine (C=N–C) groups is 1. The maximum Gasteiger partial charge on any atom is 0.523 e. The van der Waals surface area contributed by atoms with Crippen LogP contribution in [0.2, 0.25) is 0 Å². The number of rotatable bonds is 0. The van der Waals surface area contributed by atoms with Gasteiger partial charge in [0.25, 0.3) is 0 Å². The van der Waals surface area contributed by atoms with E-state index in [-0.39, 0.29) is 4.48 Å². The molecule has 1 unspecified atom stereocenters. The fraction of sp³-hybridized carbons (Fsp3) is 0.400. The van der Waals surface area contributed by atoms with Crippen molar-refractivity contribution in [1.82, 2.24) is 0 Å². The number of hydrogen-bond donors (Lipinski definition) is 1. The molecule has 0 spiro atoms. The molecule has 1 rings (SSSR count). The van der Waals surface area contributed by atoms with Crippen molar-refractivity contribution in [3.63, 3.8) is 0 Å². The zero-order chi connectivity index (χ0) is 10.8. The van der Waals surface area contributed by atoms with Crippen LogP contribution in [0.25, 0.3) is 0 Å². The maximum absolute atomic E-state index is 11.3. The zero-order valence-corrected chi connectivity index (χ0v) is 8.64. The lowest BCUT2D eigenvalue weighted by Gasteiger charge is -2.36. The Morgan fingerprint density at radius 2 is 2.00 bits per heavy atom. The molecule has 14 heavy (non-hydrogen) atoms. The van der Waals surface area contributed by atoms with Gasteiger partial charge < -0.3 is 5.11 Å². The molecule has 0 aromatic rings. The predicted octanol–water partition coefficient (Wildman–Crippen LogP) is 2.35. The predicted molar refractivity (Wildman–Crippen MR) is 54.8 cm³/mol. The second kappa shape index (κ2) is 3.38. The smallest absolute Gasteiger partial charge is 0.435 e. The average Bonchev–Trinajstić information content (AvgIpc) is 2.26. The molecule has 0 bridgehead atoms. The summed E-state index contributed by atoms with van der Waals surface area (Å²) < 4.78 is -0.243. The van der Waals surface area contributed by atoms with E-state index < -0.39 is 11.6 Å². The van der Waals surface area contributed by atoms with Gasteiger partial charge in [0, 0.05) is 12.3 Å². The van der Waals surface area contributed by atoms with Crippen molar-refractivity contribution >= 4 is 12.3 Å². The first-order valence-electron chi connectivity index (χ1n) is 4.41. The Kier molecular flexibility index (Phi) is 2.57. The summed E-state index contributed by atoms with van der Waals surface area (Å²) in [5.41, 5.74) is -0.438. The minimum Gasteiger partial charge on any atom is -0.435 e. The van der Waals surface area contributed by atoms with Crippen LogP contribution in [0.4, 0.5) is 4.79 Å². The molecule has 1 amide bonds. The summed E-state index contributed by atoms with van der Waals surface area (Å²) in [6.45, 7) is 5.63. The van der Waals surface area contributed by atoms with Crippen molar-refractivity contribution in [2.75, 3.05) is 0 Å². The molecule has 0 radical (unpaired) electrons. The molecular formula is C10H15N2O2+. The Labute approximate surface area is 83.5 Å². The third kappa shape index (κ3) is 1.61. The van der Waals surface area contributed by atoms with Crippen molar-refractivity contribution in [1.29, 1.82) is 0 Å². The number of amides is 1. The highest BCUT2D eigenvalue weighted by atomic mass is 16.4. The van der Waals surface area contributed by atoms with E-state index in [2.05, 4.69) is 4.99 Å². The third-order valence-electron chi connectivity index (χ3n) is 2.31. The van der Waals surface area contributed by atoms with E-state index in [0.29, 0.717) is 0 Å². The van der Waals surface area contributed by atoms with E-state index in [1.807, 2.05) is 20.8 Å². The van der Waals surface area contributed by atoms with Crippen molar-refractivity contribution in [2.24, 2.45) is 4.99 Å². The zero-order valence-electron chi connectivity index (χ0n) is 8.64. The number of quaternary nitrogens is 1. The van der Waals surface area contributed by atoms with Gasteiger partial charge >= 0.3 is 6.09 Å². The van der Waals surface area contributed by atoms with E-state index in [0.717, 1.165) is 0 Å². The van der Waals surface area contributed by atoms with Crippen LogP contribution in [0.1, 0.15) is 20.8 Å². The van der Waals surface area contributed by atoms with Gasteiger partial charge in [-0.2, -0.15) is 9.28 Å². The number of allylic oxidation sites excluding steroid dienone is 1. The van der Waals surface area contributed by atoms with E-state index in [4.69, 9.17) is 0 Å². The number of carboxylic acid groups (broad SMARTS) is 1. The van der Waals surface area contributed by atoms with Crippen LogP contribution in [0.5, 0.6) is 0 Å². The summed E-state index contributed by atoms with van der Waals surface area (Å²) in [6, 6.07) is 0. The molecule has 0 saturated heterocycles. The van der Waals surface area contributed by atoms with E-state index in [1.165, 1.54) is 6.20 Å². The van der Waals surface area contributed by atoms with Crippen molar-refractivity contribution in [2.45, 2.75) is 26.3 Å². The highest BCUT2D eigenvalue weighted by Crippen LogP contribution is 2.27. The first-order valence-corrected chi connectivity index (χ1v) is 4.41. The fourth-order valence-electron chi connectivity index (χ4n) is 1.33. The van der Waals surface area contributed by atoms with Crippen LogP contribution >= 0.6 is 0 Å². The minimum absolute atomic E-state index is 0.243. The Balaban J connectivity index is 3.25. The first kappa shape index (κ1) is 10.7. The van der Waals surface area contributed by atoms with Gasteiger partial charge in [0.1, 0.15) is 17.9 Å². The molecule has 1 heterocycles. The van der Waals surface area contributed by atoms with E-state index in [1.54, 1.807) is 24.7 Å². The lowest BCUT2D eigenvalue weighted by molar-refractivity contribution is -0.804. The maximum atomic E-state index is 11.3. The molecule has 1 aliphatic rings. The Hall–Kier alpha value is -1.42. The quantitative estimate of drug-likeness (QED) is 0.603. The highest BCUT2D eigenvalue weighted by Gasteiger charge is 2.45. The molecular weight excluding hydrogens is 180 g/mol. The van der Waals surface area contributed by atoms with Crippen LogP contribution in [-0.2, 0) is 0 Å². The first-order chi connectivity index (χ1) is 6.40. The van der Waals surface area contributed by atoms with Gasteiger partial charge in [0.2, 0.25) is 0 Å². The van der Waals surface area contributed by atoms with E-state index >= 15 is 0 Å². The third-order valence-corrected chi connectivity index (χ3v) is 2.31. The summed E-state index contributed by atoms with van der Waals surface area (Å²) in [5.74, 6) is 0. The van der Waals surface area contributed by atoms with Crippen molar-refractivity contribution in [3.8, 4) is 0 Å². The van der Waals surface area contributed by atoms with Crippen LogP contribution in [0, 0.1) is 0 Å². The van der Waals surface area contributed by atoms with Crippen LogP contribution < -0.4 is 0 Å². The Bertz CT molecular complexity index is 306. The largest absolute Gasteiger partial charge is 0.523 e. The second-order valence-corrected chi connectivity index (χ2v) is 4.17. The number of carbonyl (C=O) groups is 1. The monoisotopic (exact) mass is 195 g/mol. The highest BCUT2D eigenvalue weighted by molar-refractivity contribution is 5.72. The topological polar surface area (TPSA) is 49.7 Å². The van der Waals surface area contributed by atoms with E-state index in [9.17, 15) is 9.90 Å². The summed E-state index contributed by atoms with van der Waals surface area (Å²) >= 11 is 0. The Morgan fingerprint density at radius 1 is 1.36 bits per heavy atom. The van der Waals surface area contributed by atoms with Gasteiger partial charge in [-0.25, -0.2) is 0 Å². The summed E-state index contributed by atoms with van der Waals surface area (Å²) in [6.07, 6.45) is 7.03. The molecule has 1 atom stereocenters. The molecule has 0 aromatic carbocycles. The normalized spacial score (nSPS) is 26.2. The summed E-state index contributed by atoms with van der Waals surface area (Å²) in [4.78, 5) is 15.2. The molecule has 1 N–H and O–H groups in total. The second-order valence-electron chi connectivity index (χ2n) is 4.17. The molecule has 0 fully saturated rings. The fourth-order valence-corrected chi connectivity index (χ4v) is 1.33. The minimum atomic E-state index is -0.907. The van der Waals surface area contributed by atoms with Gasteiger partial charge in [-0.15, -0.1) is 0 Å².